The number of pyridine rings is 2. The molecule has 0 radical (unpaired) electrons. The van der Waals surface area contributed by atoms with Crippen LogP contribution in [0.15, 0.2) is 51.0 Å². The van der Waals surface area contributed by atoms with Gasteiger partial charge in [-0.2, -0.15) is 4.98 Å². The number of furan rings is 1. The van der Waals surface area contributed by atoms with E-state index in [1.807, 2.05) is 25.1 Å². The number of nitrogens with two attached hydrogens (primary N) is 1. The third-order valence-electron chi connectivity index (χ3n) is 6.38. The SMILES string of the molecule is CCc1ccc(-c2nc(=O)n(CCC3CCCO3)c3c2oc2ncc(/C(C=NC)=C/N)cc23)cn1. The average molecular weight is 473 g/mol. The fourth-order valence-electron chi connectivity index (χ4n) is 4.53. The van der Waals surface area contributed by atoms with Crippen LogP contribution in [-0.2, 0) is 17.7 Å². The highest BCUT2D eigenvalue weighted by atomic mass is 16.5. The van der Waals surface area contributed by atoms with Gasteiger partial charge < -0.3 is 14.9 Å². The fourth-order valence-corrected chi connectivity index (χ4v) is 4.53. The Morgan fingerprint density at radius 3 is 2.89 bits per heavy atom. The summed E-state index contributed by atoms with van der Waals surface area (Å²) >= 11 is 0. The molecule has 1 unspecified atom stereocenters. The van der Waals surface area contributed by atoms with Gasteiger partial charge in [-0.25, -0.2) is 9.78 Å². The number of nitrogens with zero attached hydrogens (tertiary/aromatic N) is 5. The molecule has 1 aliphatic heterocycles. The molecular weight excluding hydrogens is 444 g/mol. The van der Waals surface area contributed by atoms with Crippen molar-refractivity contribution in [3.05, 3.63) is 58.5 Å². The quantitative estimate of drug-likeness (QED) is 0.407. The molecule has 2 N–H and O–H groups in total. The largest absolute Gasteiger partial charge is 0.434 e. The van der Waals surface area contributed by atoms with Crippen LogP contribution >= 0.6 is 0 Å². The molecule has 1 saturated heterocycles. The van der Waals surface area contributed by atoms with Crippen LogP contribution in [0.4, 0.5) is 0 Å². The molecule has 180 valence electrons. The van der Waals surface area contributed by atoms with Gasteiger partial charge in [-0.15, -0.1) is 0 Å². The standard InChI is InChI=1S/C26H28N6O3/c1-3-19-7-6-16(14-29-19)22-24-23(32(26(33)31-22)9-8-20-5-4-10-34-20)21-11-17(15-30-25(21)35-24)18(12-27)13-28-2/h6-7,11-15,20H,3-5,8-10,27H2,1-2H3/b18-12+,28-13?. The summed E-state index contributed by atoms with van der Waals surface area (Å²) in [5, 5.41) is 0.715. The van der Waals surface area contributed by atoms with Gasteiger partial charge >= 0.3 is 5.69 Å². The van der Waals surface area contributed by atoms with E-state index in [0.29, 0.717) is 34.4 Å². The zero-order valence-electron chi connectivity index (χ0n) is 19.9. The first-order valence-corrected chi connectivity index (χ1v) is 11.9. The molecule has 5 rings (SSSR count). The van der Waals surface area contributed by atoms with Crippen LogP contribution in [0.2, 0.25) is 0 Å². The monoisotopic (exact) mass is 472 g/mol. The molecular formula is C26H28N6O3. The van der Waals surface area contributed by atoms with Gasteiger partial charge in [-0.05, 0) is 43.9 Å². The van der Waals surface area contributed by atoms with Gasteiger partial charge in [0, 0.05) is 67.4 Å². The second-order valence-corrected chi connectivity index (χ2v) is 8.58. The minimum atomic E-state index is -0.345. The van der Waals surface area contributed by atoms with Crippen molar-refractivity contribution in [1.82, 2.24) is 19.5 Å². The van der Waals surface area contributed by atoms with E-state index in [0.717, 1.165) is 54.7 Å². The number of fused-ring (bicyclic) bond motifs is 3. The second kappa shape index (κ2) is 9.79. The maximum atomic E-state index is 13.4. The smallest absolute Gasteiger partial charge is 0.348 e. The van der Waals surface area contributed by atoms with Gasteiger partial charge in [-0.1, -0.05) is 6.92 Å². The zero-order chi connectivity index (χ0) is 24.4. The van der Waals surface area contributed by atoms with Crippen molar-refractivity contribution in [3.8, 4) is 11.3 Å². The first kappa shape index (κ1) is 22.9. The van der Waals surface area contributed by atoms with Gasteiger partial charge in [0.2, 0.25) is 5.71 Å². The Morgan fingerprint density at radius 1 is 1.31 bits per heavy atom. The topological polar surface area (TPSA) is 121 Å². The lowest BCUT2D eigenvalue weighted by Gasteiger charge is -2.13. The van der Waals surface area contributed by atoms with Crippen LogP contribution in [0.25, 0.3) is 39.0 Å². The minimum Gasteiger partial charge on any atom is -0.434 e. The van der Waals surface area contributed by atoms with Gasteiger partial charge in [0.05, 0.1) is 11.5 Å². The van der Waals surface area contributed by atoms with E-state index < -0.39 is 0 Å². The van der Waals surface area contributed by atoms with Crippen molar-refractivity contribution in [2.24, 2.45) is 10.7 Å². The molecule has 0 spiro atoms. The number of ether oxygens (including phenoxy) is 1. The highest BCUT2D eigenvalue weighted by Gasteiger charge is 2.23. The summed E-state index contributed by atoms with van der Waals surface area (Å²) in [6.45, 7) is 3.28. The highest BCUT2D eigenvalue weighted by Crippen LogP contribution is 2.34. The van der Waals surface area contributed by atoms with Gasteiger partial charge in [0.15, 0.2) is 5.58 Å². The van der Waals surface area contributed by atoms with E-state index >= 15 is 0 Å². The van der Waals surface area contributed by atoms with Crippen LogP contribution < -0.4 is 11.4 Å². The molecule has 0 aromatic carbocycles. The van der Waals surface area contributed by atoms with E-state index in [9.17, 15) is 4.79 Å². The van der Waals surface area contributed by atoms with Crippen molar-refractivity contribution in [1.29, 1.82) is 0 Å². The number of aliphatic imine (C=N–C) groups is 1. The molecule has 4 aromatic heterocycles. The molecule has 1 aliphatic rings. The van der Waals surface area contributed by atoms with E-state index in [1.165, 1.54) is 6.20 Å². The molecule has 4 aromatic rings. The average Bonchev–Trinajstić information content (AvgIpc) is 3.54. The molecule has 9 heteroatoms. The Morgan fingerprint density at radius 2 is 2.20 bits per heavy atom. The van der Waals surface area contributed by atoms with E-state index in [2.05, 4.69) is 19.9 Å². The molecule has 0 aliphatic carbocycles. The third kappa shape index (κ3) is 4.35. The molecule has 0 bridgehead atoms. The Labute approximate surface area is 202 Å². The zero-order valence-corrected chi connectivity index (χ0v) is 19.9. The van der Waals surface area contributed by atoms with E-state index in [-0.39, 0.29) is 11.8 Å². The Kier molecular flexibility index (Phi) is 6.41. The Hall–Kier alpha value is -3.85. The highest BCUT2D eigenvalue weighted by molar-refractivity contribution is 6.12. The Bertz CT molecular complexity index is 1480. The van der Waals surface area contributed by atoms with Gasteiger partial charge in [0.25, 0.3) is 0 Å². The molecule has 0 amide bonds. The fraction of sp³-hybridized carbons (Fsp3) is 0.346. The lowest BCUT2D eigenvalue weighted by molar-refractivity contribution is 0.100. The van der Waals surface area contributed by atoms with Crippen LogP contribution in [0.5, 0.6) is 0 Å². The van der Waals surface area contributed by atoms with E-state index in [1.54, 1.807) is 30.2 Å². The van der Waals surface area contributed by atoms with Crippen LogP contribution in [0, 0.1) is 0 Å². The molecule has 5 heterocycles. The number of rotatable bonds is 7. The van der Waals surface area contributed by atoms with Crippen molar-refractivity contribution in [2.75, 3.05) is 13.7 Å². The van der Waals surface area contributed by atoms with Crippen molar-refractivity contribution in [2.45, 2.75) is 45.3 Å². The summed E-state index contributed by atoms with van der Waals surface area (Å²) in [6.07, 6.45) is 10.3. The summed E-state index contributed by atoms with van der Waals surface area (Å²) < 4.78 is 13.7. The maximum Gasteiger partial charge on any atom is 0.348 e. The number of hydrogen-bond donors (Lipinski definition) is 1. The summed E-state index contributed by atoms with van der Waals surface area (Å²) in [4.78, 5) is 30.9. The lowest BCUT2D eigenvalue weighted by Crippen LogP contribution is -2.25. The van der Waals surface area contributed by atoms with Crippen molar-refractivity contribution < 1.29 is 9.15 Å². The molecule has 35 heavy (non-hydrogen) atoms. The second-order valence-electron chi connectivity index (χ2n) is 8.58. The summed E-state index contributed by atoms with van der Waals surface area (Å²) in [7, 11) is 1.68. The number of aromatic nitrogens is 4. The maximum absolute atomic E-state index is 13.4. The third-order valence-corrected chi connectivity index (χ3v) is 6.38. The predicted molar refractivity (Wildman–Crippen MR) is 136 cm³/mol. The number of aryl methyl sites for hydroxylation is 2. The minimum absolute atomic E-state index is 0.141. The summed E-state index contributed by atoms with van der Waals surface area (Å²) in [5.41, 5.74) is 10.7. The van der Waals surface area contributed by atoms with Crippen LogP contribution in [-0.4, -0.2) is 45.5 Å². The first-order valence-electron chi connectivity index (χ1n) is 11.9. The van der Waals surface area contributed by atoms with Crippen molar-refractivity contribution in [3.63, 3.8) is 0 Å². The van der Waals surface area contributed by atoms with E-state index in [4.69, 9.17) is 14.9 Å². The molecule has 9 nitrogen and oxygen atoms in total. The Balaban J connectivity index is 1.73. The van der Waals surface area contributed by atoms with Crippen LogP contribution in [0.3, 0.4) is 0 Å². The predicted octanol–water partition coefficient (Wildman–Crippen LogP) is 3.73. The van der Waals surface area contributed by atoms with Crippen LogP contribution in [0.1, 0.15) is 37.4 Å². The normalized spacial score (nSPS) is 16.7. The molecule has 0 saturated carbocycles. The van der Waals surface area contributed by atoms with Gasteiger partial charge in [-0.3, -0.25) is 14.5 Å². The first-order chi connectivity index (χ1) is 17.1. The van der Waals surface area contributed by atoms with Gasteiger partial charge in [0.1, 0.15) is 11.2 Å². The number of hydrogen-bond acceptors (Lipinski definition) is 8. The molecule has 1 atom stereocenters. The number of allylic oxidation sites excluding steroid dienone is 1. The van der Waals surface area contributed by atoms with Crippen molar-refractivity contribution >= 4 is 34.0 Å². The lowest BCUT2D eigenvalue weighted by atomic mass is 10.1. The summed E-state index contributed by atoms with van der Waals surface area (Å²) in [5.74, 6) is 0. The molecule has 1 fully saturated rings. The summed E-state index contributed by atoms with van der Waals surface area (Å²) in [6, 6.07) is 5.79.